The highest BCUT2D eigenvalue weighted by Gasteiger charge is 2.26. The van der Waals surface area contributed by atoms with Crippen LogP contribution in [0.3, 0.4) is 0 Å². The van der Waals surface area contributed by atoms with Crippen molar-refractivity contribution in [3.05, 3.63) is 262 Å². The van der Waals surface area contributed by atoms with Crippen molar-refractivity contribution in [1.82, 2.24) is 0 Å². The fourth-order valence-corrected chi connectivity index (χ4v) is 17.7. The van der Waals surface area contributed by atoms with E-state index in [9.17, 15) is 53.6 Å². The summed E-state index contributed by atoms with van der Waals surface area (Å²) in [6.45, 7) is 37.4. The molecule has 149 heavy (non-hydrogen) atoms. The minimum Gasteiger partial charge on any atom is -0.490 e. The Bertz CT molecular complexity index is 5900. The van der Waals surface area contributed by atoms with Gasteiger partial charge in [-0.1, -0.05) is 282 Å². The Balaban J connectivity index is 0.640. The maximum Gasteiger partial charge on any atom is 0.411 e. The second-order valence-corrected chi connectivity index (χ2v) is 41.4. The molecule has 0 spiro atoms. The van der Waals surface area contributed by atoms with Gasteiger partial charge in [-0.2, -0.15) is 0 Å². The van der Waals surface area contributed by atoms with Gasteiger partial charge in [0.2, 0.25) is 0 Å². The van der Waals surface area contributed by atoms with Crippen LogP contribution in [0, 0.1) is 113 Å². The third-order valence-electron chi connectivity index (χ3n) is 27.0. The number of carbonyl (C=O) groups is 8. The number of nitro groups is 1. The van der Waals surface area contributed by atoms with Crippen molar-refractivity contribution in [1.29, 1.82) is 0 Å². The van der Waals surface area contributed by atoms with Crippen molar-refractivity contribution >= 4 is 99.9 Å². The number of aryl methyl sites for hydroxylation is 8. The third-order valence-corrected chi connectivity index (χ3v) is 27.0. The van der Waals surface area contributed by atoms with E-state index in [-0.39, 0.29) is 64.1 Å². The lowest BCUT2D eigenvalue weighted by Crippen LogP contribution is -2.16. The van der Waals surface area contributed by atoms with Crippen LogP contribution < -0.4 is 52.0 Å². The van der Waals surface area contributed by atoms with Crippen LogP contribution in [0.2, 0.25) is 0 Å². The average Bonchev–Trinajstić information content (AvgIpc) is 0.810. The molecular formula is C119H159N9O21. The summed E-state index contributed by atoms with van der Waals surface area (Å²) in [6, 6.07) is 44.2. The van der Waals surface area contributed by atoms with Crippen molar-refractivity contribution in [2.75, 3.05) is 55.7 Å². The Hall–Kier alpha value is -13.9. The van der Waals surface area contributed by atoms with E-state index in [0.717, 1.165) is 78.9 Å². The number of aliphatic hydroxyl groups excluding tert-OH is 1. The van der Waals surface area contributed by atoms with Gasteiger partial charge in [0.25, 0.3) is 5.69 Å². The predicted molar refractivity (Wildman–Crippen MR) is 587 cm³/mol. The molecule has 8 amide bonds. The average molecular weight is 2050 g/mol. The number of nitro benzene ring substituents is 1. The molecule has 0 aliphatic carbocycles. The molecule has 0 aliphatic heterocycles. The lowest BCUT2D eigenvalue weighted by molar-refractivity contribution is -0.385. The molecule has 9 aromatic rings. The number of hydrogen-bond donors (Lipinski definition) is 9. The van der Waals surface area contributed by atoms with E-state index in [1.807, 2.05) is 6.92 Å². The summed E-state index contributed by atoms with van der Waals surface area (Å²) in [5, 5.41) is 44.1. The highest BCUT2D eigenvalue weighted by Crippen LogP contribution is 2.38. The van der Waals surface area contributed by atoms with Crippen LogP contribution in [-0.2, 0) is 97.4 Å². The second-order valence-electron chi connectivity index (χ2n) is 41.4. The van der Waals surface area contributed by atoms with Crippen molar-refractivity contribution < 1.29 is 95.8 Å². The smallest absolute Gasteiger partial charge is 0.411 e. The summed E-state index contributed by atoms with van der Waals surface area (Å²) in [5.74, 6) is 5.92. The van der Waals surface area contributed by atoms with Crippen LogP contribution in [0.5, 0.6) is 11.5 Å². The quantitative estimate of drug-likeness (QED) is 0.00971. The molecule has 9 rings (SSSR count). The van der Waals surface area contributed by atoms with Crippen molar-refractivity contribution in [2.45, 2.75) is 313 Å². The number of nitrogens with one attached hydrogen (secondary N) is 8. The molecule has 2 unspecified atom stereocenters. The Labute approximate surface area is 880 Å². The number of ether oxygens (including phenoxy) is 10. The molecule has 0 heterocycles. The predicted octanol–water partition coefficient (Wildman–Crippen LogP) is 31.2. The van der Waals surface area contributed by atoms with Crippen molar-refractivity contribution in [3.63, 3.8) is 0 Å². The first kappa shape index (κ1) is 119. The second kappa shape index (κ2) is 61.8. The molecule has 806 valence electrons. The van der Waals surface area contributed by atoms with Crippen LogP contribution in [0.25, 0.3) is 0 Å². The summed E-state index contributed by atoms with van der Waals surface area (Å²) < 4.78 is 57.2. The fourth-order valence-electron chi connectivity index (χ4n) is 17.7. The fraction of sp³-hybridized carbons (Fsp3) is 0.479. The number of nitrogens with zero attached hydrogens (tertiary/aromatic N) is 1. The number of aliphatic hydroxyl groups is 1. The van der Waals surface area contributed by atoms with Gasteiger partial charge in [0.1, 0.15) is 52.9 Å². The minimum absolute atomic E-state index is 0.00663. The Kier molecular flexibility index (Phi) is 49.2. The summed E-state index contributed by atoms with van der Waals surface area (Å²) >= 11 is 0. The lowest BCUT2D eigenvalue weighted by atomic mass is 9.91. The van der Waals surface area contributed by atoms with E-state index in [4.69, 9.17) is 47.4 Å². The highest BCUT2D eigenvalue weighted by molar-refractivity contribution is 5.91. The molecule has 0 saturated carbocycles. The zero-order valence-electron chi connectivity index (χ0n) is 90.6. The summed E-state index contributed by atoms with van der Waals surface area (Å²) in [5.41, 5.74) is 14.7. The van der Waals surface area contributed by atoms with E-state index >= 15 is 0 Å². The number of rotatable bonds is 58. The molecule has 0 aromatic heterocycles. The van der Waals surface area contributed by atoms with Gasteiger partial charge in [-0.15, -0.1) is 0 Å². The van der Waals surface area contributed by atoms with Crippen LogP contribution >= 0.6 is 0 Å². The van der Waals surface area contributed by atoms with Gasteiger partial charge >= 0.3 is 48.7 Å². The van der Waals surface area contributed by atoms with Crippen molar-refractivity contribution in [2.24, 2.45) is 47.3 Å². The first-order valence-electron chi connectivity index (χ1n) is 52.7. The molecule has 30 heteroatoms. The minimum atomic E-state index is -0.828. The largest absolute Gasteiger partial charge is 0.490 e. The van der Waals surface area contributed by atoms with E-state index in [2.05, 4.69) is 112 Å². The molecule has 9 N–H and O–H groups in total. The van der Waals surface area contributed by atoms with Crippen LogP contribution in [0.4, 0.5) is 89.5 Å². The van der Waals surface area contributed by atoms with Gasteiger partial charge in [-0.05, 0) is 259 Å². The standard InChI is InChI=1S/C119H159N9O21/c1-76(2)25-19-27-78(5)29-21-31-80(7)33-23-35-82(9)53-55-140-110-65-100(109(128(138)139)66-111(110)141-56-54-83(10)36-24-34-81(8)32-22-30-79(6)28-20-26-77(3)4)75-149-119(137)127-108-52-44-99(64-91(108)18)74-148-118(136)126-107-51-43-98(63-90(107)17)73-147-117(135)125-106-50-42-97(62-89(106)16)72-146-116(134)124-105-49-41-96(61-88(105)15)71-145-115(133)123-104-48-40-95(60-87(104)14)70-144-114(132)122-103-47-39-94(59-86(103)13)69-143-113(131)121-102-46-38-93(58-85(102)12)68-142-112(130)120-101-45-37-92(67-129)57-84(101)11/h37-52,57-66,76-83,129H,19-36,53-56,67-75H2,1-18H3,(H,120,130)(H,121,131)(H,122,132)(H,123,133)(H,124,134)(H,125,135)(H,126,136)(H,127,137)/t78-,79-,80-,81-,82?,83?/m1/s1. The highest BCUT2D eigenvalue weighted by atomic mass is 16.6. The first-order chi connectivity index (χ1) is 71.2. The summed E-state index contributed by atoms with van der Waals surface area (Å²) in [7, 11) is 0. The molecule has 9 aromatic carbocycles. The topological polar surface area (TPSA) is 388 Å². The molecule has 0 radical (unpaired) electrons. The summed E-state index contributed by atoms with van der Waals surface area (Å²) in [4.78, 5) is 116. The van der Waals surface area contributed by atoms with E-state index < -0.39 is 60.3 Å². The molecule has 0 aliphatic rings. The van der Waals surface area contributed by atoms with Crippen LogP contribution in [0.1, 0.15) is 292 Å². The SMILES string of the molecule is Cc1cc(CO)ccc1NC(=O)OCc1ccc(NC(=O)OCc2ccc(NC(=O)OCc3ccc(NC(=O)OCc4ccc(NC(=O)OCc5ccc(NC(=O)OCc6ccc(NC(=O)OCc7ccc(NC(=O)OCc8cc(OCCC(C)CCC[C@H](C)CCC[C@H](C)CCCC(C)C)c(OCCC(C)CCC[C@H](C)CCC[C@H](C)CCCC(C)C)cc8[N+](=O)[O-])c(C)c7)c(C)c6)c(C)c5)c(C)c4)c(C)c3)c(C)c2)c(C)c1. The van der Waals surface area contributed by atoms with E-state index in [1.165, 1.54) is 96.0 Å². The number of carbonyl (C=O) groups excluding carboxylic acids is 8. The van der Waals surface area contributed by atoms with Gasteiger partial charge in [0, 0.05) is 45.5 Å². The number of benzene rings is 9. The molecule has 6 atom stereocenters. The van der Waals surface area contributed by atoms with Crippen molar-refractivity contribution in [3.8, 4) is 11.5 Å². The maximum atomic E-state index is 13.5. The zero-order chi connectivity index (χ0) is 108. The number of hydrogen-bond acceptors (Lipinski definition) is 21. The summed E-state index contributed by atoms with van der Waals surface area (Å²) in [6.07, 6.45) is 18.3. The van der Waals surface area contributed by atoms with E-state index in [0.29, 0.717) is 166 Å². The zero-order valence-corrected chi connectivity index (χ0v) is 90.6. The molecule has 0 fully saturated rings. The molecular weight excluding hydrogens is 1890 g/mol. The normalized spacial score (nSPS) is 12.4. The van der Waals surface area contributed by atoms with Gasteiger partial charge in [0.05, 0.1) is 36.4 Å². The first-order valence-corrected chi connectivity index (χ1v) is 52.7. The van der Waals surface area contributed by atoms with Crippen LogP contribution in [-0.4, -0.2) is 72.0 Å². The van der Waals surface area contributed by atoms with Gasteiger partial charge in [-0.3, -0.25) is 52.6 Å². The Morgan fingerprint density at radius 1 is 0.255 bits per heavy atom. The lowest BCUT2D eigenvalue weighted by Gasteiger charge is -2.19. The van der Waals surface area contributed by atoms with Gasteiger partial charge in [-0.25, -0.2) is 38.4 Å². The van der Waals surface area contributed by atoms with E-state index in [1.54, 1.807) is 200 Å². The van der Waals surface area contributed by atoms with Gasteiger partial charge < -0.3 is 52.5 Å². The molecule has 0 bridgehead atoms. The molecule has 30 nitrogen and oxygen atoms in total. The monoisotopic (exact) mass is 2050 g/mol. The van der Waals surface area contributed by atoms with Gasteiger partial charge in [0.15, 0.2) is 11.5 Å². The third kappa shape index (κ3) is 43.4. The number of amides is 8. The molecule has 0 saturated heterocycles. The maximum absolute atomic E-state index is 13.5. The number of anilines is 8. The Morgan fingerprint density at radius 3 is 0.631 bits per heavy atom. The van der Waals surface area contributed by atoms with Crippen LogP contribution in [0.15, 0.2) is 158 Å². The Morgan fingerprint density at radius 2 is 0.436 bits per heavy atom.